The lowest BCUT2D eigenvalue weighted by atomic mass is 9.91. The molecule has 2 N–H and O–H groups in total. The molecule has 1 unspecified atom stereocenters. The van der Waals surface area contributed by atoms with E-state index < -0.39 is 5.54 Å². The van der Waals surface area contributed by atoms with Gasteiger partial charge < -0.3 is 15.5 Å². The summed E-state index contributed by atoms with van der Waals surface area (Å²) in [4.78, 5) is 17.0. The zero-order valence-corrected chi connectivity index (χ0v) is 14.5. The van der Waals surface area contributed by atoms with Gasteiger partial charge in [0, 0.05) is 36.9 Å². The van der Waals surface area contributed by atoms with E-state index in [1.54, 1.807) is 6.92 Å². The zero-order chi connectivity index (χ0) is 17.2. The molecule has 126 valence electrons. The Hall–Kier alpha value is -2.04. The van der Waals surface area contributed by atoms with Gasteiger partial charge in [-0.25, -0.2) is 0 Å². The lowest BCUT2D eigenvalue weighted by Gasteiger charge is -2.39. The van der Waals surface area contributed by atoms with E-state index in [0.717, 1.165) is 29.4 Å². The van der Waals surface area contributed by atoms with Crippen LogP contribution in [-0.4, -0.2) is 37.0 Å². The van der Waals surface area contributed by atoms with Gasteiger partial charge in [-0.3, -0.25) is 4.79 Å². The molecule has 1 fully saturated rings. The highest BCUT2D eigenvalue weighted by molar-refractivity contribution is 6.30. The van der Waals surface area contributed by atoms with Crippen LogP contribution in [0.2, 0.25) is 5.02 Å². The van der Waals surface area contributed by atoms with Gasteiger partial charge in [0.1, 0.15) is 5.54 Å². The molecule has 1 saturated heterocycles. The molecular weight excluding hydrogens is 322 g/mol. The van der Waals surface area contributed by atoms with Crippen molar-refractivity contribution in [2.45, 2.75) is 12.5 Å². The Labute approximate surface area is 147 Å². The summed E-state index contributed by atoms with van der Waals surface area (Å²) in [5, 5.41) is 0.731. The summed E-state index contributed by atoms with van der Waals surface area (Å²) in [6, 6.07) is 17.4. The minimum atomic E-state index is -0.996. The summed E-state index contributed by atoms with van der Waals surface area (Å²) in [5.41, 5.74) is 7.33. The summed E-state index contributed by atoms with van der Waals surface area (Å²) < 4.78 is 0. The van der Waals surface area contributed by atoms with Crippen molar-refractivity contribution in [1.82, 2.24) is 4.90 Å². The number of halogens is 1. The number of piperazine rings is 1. The first-order valence-electron chi connectivity index (χ1n) is 8.13. The van der Waals surface area contributed by atoms with Crippen molar-refractivity contribution in [3.05, 3.63) is 65.2 Å². The van der Waals surface area contributed by atoms with Crippen molar-refractivity contribution < 1.29 is 4.79 Å². The van der Waals surface area contributed by atoms with Gasteiger partial charge in [0.2, 0.25) is 5.91 Å². The molecule has 1 heterocycles. The largest absolute Gasteiger partial charge is 0.368 e. The first-order chi connectivity index (χ1) is 11.5. The fourth-order valence-corrected chi connectivity index (χ4v) is 3.18. The highest BCUT2D eigenvalue weighted by Crippen LogP contribution is 2.23. The lowest BCUT2D eigenvalue weighted by Crippen LogP contribution is -2.56. The van der Waals surface area contributed by atoms with Crippen molar-refractivity contribution in [3.63, 3.8) is 0 Å². The number of benzene rings is 2. The third kappa shape index (κ3) is 3.40. The van der Waals surface area contributed by atoms with Crippen molar-refractivity contribution in [2.75, 3.05) is 31.1 Å². The van der Waals surface area contributed by atoms with E-state index in [1.807, 2.05) is 59.5 Å². The number of nitrogens with two attached hydrogens (primary N) is 1. The van der Waals surface area contributed by atoms with Crippen LogP contribution in [0, 0.1) is 0 Å². The summed E-state index contributed by atoms with van der Waals surface area (Å²) in [6.45, 7) is 4.70. The van der Waals surface area contributed by atoms with Gasteiger partial charge in [-0.05, 0) is 36.8 Å². The molecule has 1 aliphatic rings. The molecular formula is C19H22ClN3O. The van der Waals surface area contributed by atoms with E-state index in [-0.39, 0.29) is 5.91 Å². The van der Waals surface area contributed by atoms with Crippen molar-refractivity contribution >= 4 is 23.2 Å². The maximum atomic E-state index is 12.9. The second-order valence-electron chi connectivity index (χ2n) is 6.32. The van der Waals surface area contributed by atoms with Gasteiger partial charge in [0.05, 0.1) is 0 Å². The Kier molecular flexibility index (Phi) is 4.78. The Balaban J connectivity index is 1.66. The Morgan fingerprint density at radius 3 is 2.17 bits per heavy atom. The van der Waals surface area contributed by atoms with Gasteiger partial charge in [0.25, 0.3) is 0 Å². The highest BCUT2D eigenvalue weighted by atomic mass is 35.5. The Bertz CT molecular complexity index is 692. The van der Waals surface area contributed by atoms with Crippen LogP contribution in [0.15, 0.2) is 54.6 Å². The number of hydrogen-bond acceptors (Lipinski definition) is 3. The average Bonchev–Trinajstić information content (AvgIpc) is 2.62. The van der Waals surface area contributed by atoms with Crippen molar-refractivity contribution in [1.29, 1.82) is 0 Å². The minimum absolute atomic E-state index is 0.0237. The maximum absolute atomic E-state index is 12.9. The summed E-state index contributed by atoms with van der Waals surface area (Å²) >= 11 is 5.94. The molecule has 1 amide bonds. The van der Waals surface area contributed by atoms with E-state index in [1.165, 1.54) is 0 Å². The van der Waals surface area contributed by atoms with Crippen LogP contribution in [0.25, 0.3) is 0 Å². The third-order valence-corrected chi connectivity index (χ3v) is 4.83. The van der Waals surface area contributed by atoms with Gasteiger partial charge >= 0.3 is 0 Å². The van der Waals surface area contributed by atoms with Crippen LogP contribution in [0.1, 0.15) is 12.5 Å². The van der Waals surface area contributed by atoms with Gasteiger partial charge in [-0.2, -0.15) is 0 Å². The molecule has 1 aliphatic heterocycles. The van der Waals surface area contributed by atoms with Gasteiger partial charge in [0.15, 0.2) is 0 Å². The number of nitrogens with zero attached hydrogens (tertiary/aromatic N) is 2. The normalized spacial score (nSPS) is 17.5. The van der Waals surface area contributed by atoms with Crippen LogP contribution in [0.5, 0.6) is 0 Å². The minimum Gasteiger partial charge on any atom is -0.368 e. The predicted molar refractivity (Wildman–Crippen MR) is 98.2 cm³/mol. The van der Waals surface area contributed by atoms with E-state index in [4.69, 9.17) is 17.3 Å². The fourth-order valence-electron chi connectivity index (χ4n) is 3.06. The Morgan fingerprint density at radius 1 is 1.00 bits per heavy atom. The Morgan fingerprint density at radius 2 is 1.58 bits per heavy atom. The molecule has 2 aromatic carbocycles. The quantitative estimate of drug-likeness (QED) is 0.932. The number of rotatable bonds is 3. The van der Waals surface area contributed by atoms with Gasteiger partial charge in [-0.15, -0.1) is 0 Å². The second-order valence-corrected chi connectivity index (χ2v) is 6.76. The maximum Gasteiger partial charge on any atom is 0.247 e. The highest BCUT2D eigenvalue weighted by Gasteiger charge is 2.35. The molecule has 5 heteroatoms. The van der Waals surface area contributed by atoms with E-state index in [0.29, 0.717) is 13.1 Å². The second kappa shape index (κ2) is 6.83. The monoisotopic (exact) mass is 343 g/mol. The predicted octanol–water partition coefficient (Wildman–Crippen LogP) is 2.86. The molecule has 3 rings (SSSR count). The molecule has 0 saturated carbocycles. The molecule has 0 aliphatic carbocycles. The van der Waals surface area contributed by atoms with Crippen LogP contribution in [-0.2, 0) is 10.3 Å². The number of amides is 1. The number of anilines is 1. The van der Waals surface area contributed by atoms with Crippen LogP contribution in [0.4, 0.5) is 5.69 Å². The molecule has 0 bridgehead atoms. The molecule has 2 aromatic rings. The smallest absolute Gasteiger partial charge is 0.247 e. The standard InChI is InChI=1S/C19H22ClN3O/c1-19(21,15-5-3-2-4-6-15)18(24)23-13-11-22(12-14-23)17-9-7-16(20)8-10-17/h2-10H,11-14,21H2,1H3. The molecule has 0 radical (unpaired) electrons. The van der Waals surface area contributed by atoms with E-state index >= 15 is 0 Å². The molecule has 1 atom stereocenters. The molecule has 0 aromatic heterocycles. The third-order valence-electron chi connectivity index (χ3n) is 4.58. The number of carbonyl (C=O) groups is 1. The topological polar surface area (TPSA) is 49.6 Å². The molecule has 0 spiro atoms. The van der Waals surface area contributed by atoms with Crippen LogP contribution in [0.3, 0.4) is 0 Å². The number of carbonyl (C=O) groups excluding carboxylic acids is 1. The van der Waals surface area contributed by atoms with Gasteiger partial charge in [-0.1, -0.05) is 41.9 Å². The van der Waals surface area contributed by atoms with Crippen molar-refractivity contribution in [3.8, 4) is 0 Å². The van der Waals surface area contributed by atoms with E-state index in [9.17, 15) is 4.79 Å². The number of hydrogen-bond donors (Lipinski definition) is 1. The van der Waals surface area contributed by atoms with Crippen LogP contribution < -0.4 is 10.6 Å². The average molecular weight is 344 g/mol. The summed E-state index contributed by atoms with van der Waals surface area (Å²) in [6.07, 6.45) is 0. The lowest BCUT2D eigenvalue weighted by molar-refractivity contribution is -0.137. The van der Waals surface area contributed by atoms with Crippen molar-refractivity contribution in [2.24, 2.45) is 5.73 Å². The SMILES string of the molecule is CC(N)(C(=O)N1CCN(c2ccc(Cl)cc2)CC1)c1ccccc1. The first-order valence-corrected chi connectivity index (χ1v) is 8.50. The van der Waals surface area contributed by atoms with Crippen LogP contribution >= 0.6 is 11.6 Å². The zero-order valence-electron chi connectivity index (χ0n) is 13.8. The molecule has 4 nitrogen and oxygen atoms in total. The first kappa shape index (κ1) is 16.8. The summed E-state index contributed by atoms with van der Waals surface area (Å²) in [5.74, 6) is -0.0237. The summed E-state index contributed by atoms with van der Waals surface area (Å²) in [7, 11) is 0. The molecule has 24 heavy (non-hydrogen) atoms. The fraction of sp³-hybridized carbons (Fsp3) is 0.316. The van der Waals surface area contributed by atoms with E-state index in [2.05, 4.69) is 4.90 Å².